The first kappa shape index (κ1) is 17.6. The van der Waals surface area contributed by atoms with E-state index in [2.05, 4.69) is 11.6 Å². The van der Waals surface area contributed by atoms with Gasteiger partial charge >= 0.3 is 0 Å². The molecule has 0 unspecified atom stereocenters. The number of fused-ring (bicyclic) bond motifs is 1. The minimum Gasteiger partial charge on any atom is -0.313 e. The molecule has 0 atom stereocenters. The molecule has 0 aliphatic carbocycles. The number of allylic oxidation sites excluding steroid dienone is 1. The van der Waals surface area contributed by atoms with Crippen LogP contribution in [0.4, 0.5) is 0 Å². The van der Waals surface area contributed by atoms with Crippen molar-refractivity contribution < 1.29 is 13.2 Å². The average molecular weight is 352 g/mol. The number of thiazole rings is 1. The number of nitrogens with zero attached hydrogens (tertiary/aromatic N) is 2. The van der Waals surface area contributed by atoms with Gasteiger partial charge in [0.05, 0.1) is 15.1 Å². The highest BCUT2D eigenvalue weighted by molar-refractivity contribution is 7.90. The van der Waals surface area contributed by atoms with Crippen LogP contribution in [0.1, 0.15) is 20.3 Å². The van der Waals surface area contributed by atoms with E-state index in [1.165, 1.54) is 17.6 Å². The molecule has 0 saturated heterocycles. The molecular weight excluding hydrogens is 332 g/mol. The van der Waals surface area contributed by atoms with E-state index in [0.717, 1.165) is 10.2 Å². The molecule has 0 aliphatic heterocycles. The molecule has 0 aliphatic rings. The molecule has 2 aromatic rings. The fraction of sp³-hybridized carbons (Fsp3) is 0.375. The summed E-state index contributed by atoms with van der Waals surface area (Å²) in [4.78, 5) is 17.0. The van der Waals surface area contributed by atoms with Crippen LogP contribution in [-0.4, -0.2) is 25.1 Å². The van der Waals surface area contributed by atoms with Crippen LogP contribution in [-0.2, 0) is 21.2 Å². The SMILES string of the molecule is C=CCn1c(=NC(=O)CC(C)C)sc2cc(S(C)(=O)=O)ccc21. The van der Waals surface area contributed by atoms with Gasteiger partial charge in [-0.2, -0.15) is 4.99 Å². The van der Waals surface area contributed by atoms with E-state index in [4.69, 9.17) is 0 Å². The van der Waals surface area contributed by atoms with E-state index in [0.29, 0.717) is 17.8 Å². The summed E-state index contributed by atoms with van der Waals surface area (Å²) >= 11 is 1.31. The fourth-order valence-corrected chi connectivity index (χ4v) is 3.99. The first-order valence-electron chi connectivity index (χ1n) is 7.24. The normalized spacial score (nSPS) is 13.0. The summed E-state index contributed by atoms with van der Waals surface area (Å²) < 4.78 is 26.0. The van der Waals surface area contributed by atoms with Crippen LogP contribution in [0.5, 0.6) is 0 Å². The lowest BCUT2D eigenvalue weighted by molar-refractivity contribution is -0.118. The number of hydrogen-bond donors (Lipinski definition) is 0. The van der Waals surface area contributed by atoms with Gasteiger partial charge in [-0.1, -0.05) is 31.3 Å². The number of carbonyl (C=O) groups is 1. The summed E-state index contributed by atoms with van der Waals surface area (Å²) in [5.41, 5.74) is 0.846. The molecule has 1 amide bonds. The monoisotopic (exact) mass is 352 g/mol. The van der Waals surface area contributed by atoms with E-state index in [9.17, 15) is 13.2 Å². The van der Waals surface area contributed by atoms with Crippen LogP contribution in [0.2, 0.25) is 0 Å². The van der Waals surface area contributed by atoms with Gasteiger partial charge in [-0.15, -0.1) is 6.58 Å². The van der Waals surface area contributed by atoms with Gasteiger partial charge in [0.15, 0.2) is 14.6 Å². The van der Waals surface area contributed by atoms with Gasteiger partial charge in [-0.25, -0.2) is 8.42 Å². The third-order valence-electron chi connectivity index (χ3n) is 3.20. The molecule has 1 aromatic carbocycles. The van der Waals surface area contributed by atoms with Crippen molar-refractivity contribution in [1.82, 2.24) is 4.57 Å². The van der Waals surface area contributed by atoms with Crippen molar-refractivity contribution in [2.45, 2.75) is 31.7 Å². The van der Waals surface area contributed by atoms with Gasteiger partial charge in [-0.3, -0.25) is 4.79 Å². The van der Waals surface area contributed by atoms with Crippen LogP contribution in [0.15, 0.2) is 40.7 Å². The zero-order valence-corrected chi connectivity index (χ0v) is 15.1. The molecule has 5 nitrogen and oxygen atoms in total. The fourth-order valence-electron chi connectivity index (χ4n) is 2.18. The minimum atomic E-state index is -3.27. The van der Waals surface area contributed by atoms with E-state index < -0.39 is 9.84 Å². The van der Waals surface area contributed by atoms with Crippen LogP contribution < -0.4 is 4.80 Å². The second-order valence-electron chi connectivity index (χ2n) is 5.79. The Labute approximate surface area is 139 Å². The summed E-state index contributed by atoms with van der Waals surface area (Å²) in [5, 5.41) is 0. The second-order valence-corrected chi connectivity index (χ2v) is 8.81. The molecular formula is C16H20N2O3S2. The van der Waals surface area contributed by atoms with E-state index in [1.807, 2.05) is 18.4 Å². The zero-order chi connectivity index (χ0) is 17.2. The van der Waals surface area contributed by atoms with Gasteiger partial charge in [0.1, 0.15) is 0 Å². The lowest BCUT2D eigenvalue weighted by Crippen LogP contribution is -2.16. The summed E-state index contributed by atoms with van der Waals surface area (Å²) in [5.74, 6) is 0.0676. The molecule has 0 radical (unpaired) electrons. The standard InChI is InChI=1S/C16H20N2O3S2/c1-5-8-18-13-7-6-12(23(4,20)21)10-14(13)22-16(18)17-15(19)9-11(2)3/h5-7,10-11H,1,8-9H2,2-4H3. The van der Waals surface area contributed by atoms with Gasteiger partial charge in [-0.05, 0) is 24.1 Å². The van der Waals surface area contributed by atoms with Crippen LogP contribution in [0, 0.1) is 5.92 Å². The number of sulfone groups is 1. The van der Waals surface area contributed by atoms with Crippen LogP contribution in [0.25, 0.3) is 10.2 Å². The Morgan fingerprint density at radius 3 is 2.70 bits per heavy atom. The van der Waals surface area contributed by atoms with Crippen molar-refractivity contribution in [3.05, 3.63) is 35.7 Å². The highest BCUT2D eigenvalue weighted by Crippen LogP contribution is 2.22. The van der Waals surface area contributed by atoms with Crippen molar-refractivity contribution in [1.29, 1.82) is 0 Å². The smallest absolute Gasteiger partial charge is 0.248 e. The summed E-state index contributed by atoms with van der Waals surface area (Å²) in [7, 11) is -3.27. The molecule has 124 valence electrons. The lowest BCUT2D eigenvalue weighted by Gasteiger charge is -2.02. The molecule has 23 heavy (non-hydrogen) atoms. The minimum absolute atomic E-state index is 0.173. The second kappa shape index (κ2) is 6.80. The third-order valence-corrected chi connectivity index (χ3v) is 5.35. The maximum atomic E-state index is 12.0. The van der Waals surface area contributed by atoms with Gasteiger partial charge in [0.25, 0.3) is 0 Å². The third kappa shape index (κ3) is 4.17. The Hall–Kier alpha value is -1.73. The van der Waals surface area contributed by atoms with Gasteiger partial charge in [0, 0.05) is 19.2 Å². The zero-order valence-electron chi connectivity index (χ0n) is 13.4. The molecule has 0 fully saturated rings. The summed E-state index contributed by atoms with van der Waals surface area (Å²) in [6.07, 6.45) is 3.29. The maximum Gasteiger partial charge on any atom is 0.248 e. The maximum absolute atomic E-state index is 12.0. The Morgan fingerprint density at radius 1 is 1.43 bits per heavy atom. The van der Waals surface area contributed by atoms with Crippen molar-refractivity contribution in [2.24, 2.45) is 10.9 Å². The van der Waals surface area contributed by atoms with Gasteiger partial charge in [0.2, 0.25) is 5.91 Å². The molecule has 0 N–H and O–H groups in total. The molecule has 1 heterocycles. The Kier molecular flexibility index (Phi) is 5.21. The number of aromatic nitrogens is 1. The number of amides is 1. The first-order valence-corrected chi connectivity index (χ1v) is 9.95. The lowest BCUT2D eigenvalue weighted by atomic mass is 10.1. The predicted molar refractivity (Wildman–Crippen MR) is 93.1 cm³/mol. The molecule has 0 saturated carbocycles. The van der Waals surface area contributed by atoms with Gasteiger partial charge < -0.3 is 4.57 Å². The van der Waals surface area contributed by atoms with Crippen LogP contribution >= 0.6 is 11.3 Å². The highest BCUT2D eigenvalue weighted by Gasteiger charge is 2.12. The first-order chi connectivity index (χ1) is 10.7. The Bertz CT molecular complexity index is 918. The quantitative estimate of drug-likeness (QED) is 0.777. The Balaban J connectivity index is 2.64. The van der Waals surface area contributed by atoms with E-state index in [-0.39, 0.29) is 16.7 Å². The molecule has 1 aromatic heterocycles. The van der Waals surface area contributed by atoms with E-state index >= 15 is 0 Å². The summed E-state index contributed by atoms with van der Waals surface area (Å²) in [6.45, 7) is 8.17. The molecule has 0 bridgehead atoms. The Morgan fingerprint density at radius 2 is 2.13 bits per heavy atom. The van der Waals surface area contributed by atoms with E-state index in [1.54, 1.807) is 24.3 Å². The average Bonchev–Trinajstić information content (AvgIpc) is 2.74. The van der Waals surface area contributed by atoms with Crippen LogP contribution in [0.3, 0.4) is 0 Å². The highest BCUT2D eigenvalue weighted by atomic mass is 32.2. The summed E-state index contributed by atoms with van der Waals surface area (Å²) in [6, 6.07) is 4.95. The number of benzene rings is 1. The molecule has 7 heteroatoms. The number of rotatable bonds is 5. The molecule has 2 rings (SSSR count). The number of hydrogen-bond acceptors (Lipinski definition) is 4. The van der Waals surface area contributed by atoms with Crippen molar-refractivity contribution in [3.8, 4) is 0 Å². The number of carbonyl (C=O) groups excluding carboxylic acids is 1. The van der Waals surface area contributed by atoms with Crippen molar-refractivity contribution in [3.63, 3.8) is 0 Å². The van der Waals surface area contributed by atoms with Crippen molar-refractivity contribution >= 4 is 37.3 Å². The molecule has 0 spiro atoms. The predicted octanol–water partition coefficient (Wildman–Crippen LogP) is 2.77. The largest absolute Gasteiger partial charge is 0.313 e. The van der Waals surface area contributed by atoms with Crippen molar-refractivity contribution in [2.75, 3.05) is 6.26 Å². The topological polar surface area (TPSA) is 68.5 Å².